The van der Waals surface area contributed by atoms with Crippen LogP contribution in [0.5, 0.6) is 0 Å². The average Bonchev–Trinajstić information content (AvgIpc) is 3.21. The fraction of sp³-hybridized carbons (Fsp3) is 0.444. The van der Waals surface area contributed by atoms with Crippen molar-refractivity contribution in [1.82, 2.24) is 0 Å². The third-order valence-electron chi connectivity index (χ3n) is 10.3. The summed E-state index contributed by atoms with van der Waals surface area (Å²) in [5.74, 6) is 4.41. The Bertz CT molecular complexity index is 1210. The maximum Gasteiger partial charge on any atom is -1.00 e. The van der Waals surface area contributed by atoms with E-state index >= 15 is 0 Å². The molecule has 4 heteroatoms. The van der Waals surface area contributed by atoms with Gasteiger partial charge in [-0.25, -0.2) is 0 Å². The Balaban J connectivity index is 0.00000185. The second-order valence-corrected chi connectivity index (χ2v) is 25.2. The topological polar surface area (TPSA) is 0 Å². The van der Waals surface area contributed by atoms with Crippen molar-refractivity contribution < 1.29 is 41.4 Å². The number of hydrogen-bond donors (Lipinski definition) is 0. The van der Waals surface area contributed by atoms with Crippen molar-refractivity contribution in [3.8, 4) is 0 Å². The summed E-state index contributed by atoms with van der Waals surface area (Å²) in [5, 5.41) is 0. The molecule has 4 aliphatic carbocycles. The van der Waals surface area contributed by atoms with Gasteiger partial charge in [0.15, 0.2) is 0 Å². The molecule has 210 valence electrons. The Hall–Kier alpha value is -1.09. The molecule has 6 rings (SSSR count). The Morgan fingerprint density at radius 3 is 1.38 bits per heavy atom. The van der Waals surface area contributed by atoms with E-state index in [1.165, 1.54) is 25.7 Å². The number of benzene rings is 2. The van der Waals surface area contributed by atoms with Gasteiger partial charge in [0.2, 0.25) is 0 Å². The molecule has 2 saturated carbocycles. The molecule has 0 bridgehead atoms. The third kappa shape index (κ3) is 6.02. The number of allylic oxidation sites excluding steroid dienone is 8. The molecule has 2 aromatic rings. The van der Waals surface area contributed by atoms with E-state index in [4.69, 9.17) is 0 Å². The van der Waals surface area contributed by atoms with Gasteiger partial charge in [-0.2, -0.15) is 0 Å². The molecular weight excluding hydrogens is 579 g/mol. The van der Waals surface area contributed by atoms with Crippen LogP contribution in [0.4, 0.5) is 0 Å². The minimum Gasteiger partial charge on any atom is -1.00 e. The predicted octanol–water partition coefficient (Wildman–Crippen LogP) is 4.09. The molecule has 0 saturated heterocycles. The summed E-state index contributed by atoms with van der Waals surface area (Å²) in [7, 11) is 0. The molecule has 0 spiro atoms. The van der Waals surface area contributed by atoms with E-state index in [0.717, 1.165) is 32.1 Å². The van der Waals surface area contributed by atoms with E-state index in [1.807, 2.05) is 11.1 Å². The first-order valence-corrected chi connectivity index (χ1v) is 21.7. The van der Waals surface area contributed by atoms with Crippen LogP contribution in [-0.4, -0.2) is 6.19 Å². The number of fused-ring (bicyclic) bond motifs is 2. The number of rotatable bonds is 4. The summed E-state index contributed by atoms with van der Waals surface area (Å²) in [6.45, 7) is 10.7. The fourth-order valence-electron chi connectivity index (χ4n) is 8.77. The molecule has 0 aromatic heterocycles. The monoisotopic (exact) mass is 622 g/mol. The smallest absolute Gasteiger partial charge is 1.00 e. The van der Waals surface area contributed by atoms with Crippen LogP contribution in [0.2, 0.25) is 21.5 Å². The van der Waals surface area contributed by atoms with Crippen molar-refractivity contribution in [3.05, 3.63) is 119 Å². The minimum atomic E-state index is -1.48. The Morgan fingerprint density at radius 1 is 0.600 bits per heavy atom. The summed E-state index contributed by atoms with van der Waals surface area (Å²) in [6.07, 6.45) is 19.8. The average molecular weight is 624 g/mol. The molecule has 0 radical (unpaired) electrons. The quantitative estimate of drug-likeness (QED) is 0.451. The first-order valence-electron chi connectivity index (χ1n) is 15.0. The van der Waals surface area contributed by atoms with Crippen LogP contribution in [0, 0.1) is 23.7 Å². The van der Waals surface area contributed by atoms with Gasteiger partial charge in [0.1, 0.15) is 0 Å². The van der Waals surface area contributed by atoms with Gasteiger partial charge in [0.25, 0.3) is 0 Å². The van der Waals surface area contributed by atoms with Crippen LogP contribution in [0.1, 0.15) is 62.5 Å². The van der Waals surface area contributed by atoms with E-state index in [1.54, 1.807) is 11.1 Å². The minimum absolute atomic E-state index is 0. The summed E-state index contributed by atoms with van der Waals surface area (Å²) >= 11 is -1.48. The van der Waals surface area contributed by atoms with Crippen molar-refractivity contribution in [2.75, 3.05) is 0 Å². The molecule has 2 aromatic carbocycles. The van der Waals surface area contributed by atoms with Crippen LogP contribution >= 0.6 is 0 Å². The molecule has 8 atom stereocenters. The zero-order valence-electron chi connectivity index (χ0n) is 24.4. The number of hydrogen-bond acceptors (Lipinski definition) is 0. The maximum atomic E-state index is 2.70. The van der Waals surface area contributed by atoms with Gasteiger partial charge in [-0.3, -0.25) is 0 Å². The van der Waals surface area contributed by atoms with Gasteiger partial charge < -0.3 is 24.8 Å². The standard InChI is InChI=1S/2C17H19.C2H6Si.2ClH.Ti/c2*1-13-11-15-9-5-6-10-16(17(15)12-13)14-7-3-2-4-8-14;1-3-2;;;/h2*2-9,11,13,16-17H,10,12H2,1H3;1-2H3;2*1H;/q;;;;;+2/p-2. The van der Waals surface area contributed by atoms with E-state index in [9.17, 15) is 0 Å². The second kappa shape index (κ2) is 13.9. The fourth-order valence-corrected chi connectivity index (χ4v) is 24.6. The van der Waals surface area contributed by atoms with Crippen LogP contribution < -0.4 is 24.8 Å². The molecular formula is C36H44Cl2SiTi. The van der Waals surface area contributed by atoms with E-state index in [2.05, 4.69) is 124 Å². The van der Waals surface area contributed by atoms with E-state index in [-0.39, 0.29) is 31.0 Å². The zero-order valence-corrected chi connectivity index (χ0v) is 28.5. The molecule has 8 unspecified atom stereocenters. The summed E-state index contributed by atoms with van der Waals surface area (Å²) < 4.78 is 1.76. The van der Waals surface area contributed by atoms with Crippen molar-refractivity contribution in [2.45, 2.75) is 72.9 Å². The SMILES string of the molecule is CC1CC2C(=CC=CCC2c2ccccc2)[CH]1[Ti+2]([CH]1C2=CC=CCC(c3ccccc3)C2CC1C)=[Si](C)C.[Cl-].[Cl-]. The molecule has 2 fully saturated rings. The van der Waals surface area contributed by atoms with E-state index in [0.29, 0.717) is 11.8 Å². The van der Waals surface area contributed by atoms with E-state index < -0.39 is 16.6 Å². The second-order valence-electron chi connectivity index (χ2n) is 12.7. The molecule has 0 amide bonds. The van der Waals surface area contributed by atoms with Gasteiger partial charge in [-0.15, -0.1) is 0 Å². The maximum absolute atomic E-state index is 2.70. The third-order valence-corrected chi connectivity index (χ3v) is 24.3. The summed E-state index contributed by atoms with van der Waals surface area (Å²) in [5.41, 5.74) is 6.83. The van der Waals surface area contributed by atoms with Crippen molar-refractivity contribution in [1.29, 1.82) is 0 Å². The van der Waals surface area contributed by atoms with Crippen LogP contribution in [0.15, 0.2) is 108 Å². The first kappa shape index (κ1) is 31.8. The largest absolute Gasteiger partial charge is 1.00 e. The van der Waals surface area contributed by atoms with Crippen molar-refractivity contribution in [2.24, 2.45) is 23.7 Å². The van der Waals surface area contributed by atoms with Gasteiger partial charge in [-0.05, 0) is 0 Å². The first-order chi connectivity index (χ1) is 18.5. The van der Waals surface area contributed by atoms with Crippen LogP contribution in [0.3, 0.4) is 0 Å². The normalized spacial score (nSPS) is 32.1. The van der Waals surface area contributed by atoms with Crippen LogP contribution in [-0.2, 0) is 16.6 Å². The van der Waals surface area contributed by atoms with Gasteiger partial charge in [-0.1, -0.05) is 0 Å². The van der Waals surface area contributed by atoms with Crippen LogP contribution in [0.25, 0.3) is 0 Å². The number of halogens is 2. The van der Waals surface area contributed by atoms with Crippen molar-refractivity contribution >= 4 is 6.19 Å². The molecule has 0 heterocycles. The molecule has 0 nitrogen and oxygen atoms in total. The van der Waals surface area contributed by atoms with Gasteiger partial charge >= 0.3 is 239 Å². The molecule has 0 N–H and O–H groups in total. The zero-order chi connectivity index (χ0) is 26.2. The molecule has 0 aliphatic heterocycles. The molecule has 4 aliphatic rings. The summed E-state index contributed by atoms with van der Waals surface area (Å²) in [4.78, 5) is 0. The Labute approximate surface area is 262 Å². The summed E-state index contributed by atoms with van der Waals surface area (Å²) in [6, 6.07) is 22.9. The Morgan fingerprint density at radius 2 is 1.00 bits per heavy atom. The van der Waals surface area contributed by atoms with Gasteiger partial charge in [0, 0.05) is 0 Å². The predicted molar refractivity (Wildman–Crippen MR) is 162 cm³/mol. The Kier molecular flexibility index (Phi) is 11.1. The van der Waals surface area contributed by atoms with Crippen molar-refractivity contribution in [3.63, 3.8) is 0 Å². The van der Waals surface area contributed by atoms with Gasteiger partial charge in [0.05, 0.1) is 0 Å². The molecule has 40 heavy (non-hydrogen) atoms.